The number of aliphatic hydroxyl groups is 1. The van der Waals surface area contributed by atoms with E-state index >= 15 is 0 Å². The van der Waals surface area contributed by atoms with E-state index in [4.69, 9.17) is 0 Å². The lowest BCUT2D eigenvalue weighted by Gasteiger charge is -2.60. The van der Waals surface area contributed by atoms with Gasteiger partial charge in [-0.25, -0.2) is 0 Å². The van der Waals surface area contributed by atoms with E-state index in [1.54, 1.807) is 0 Å². The molecule has 0 aromatic carbocycles. The highest BCUT2D eigenvalue weighted by Crippen LogP contribution is 2.63. The summed E-state index contributed by atoms with van der Waals surface area (Å²) in [5.41, 5.74) is 0.695. The predicted octanol–water partition coefficient (Wildman–Crippen LogP) is 2.87. The van der Waals surface area contributed by atoms with Crippen molar-refractivity contribution in [2.75, 3.05) is 0 Å². The molecule has 0 spiro atoms. The van der Waals surface area contributed by atoms with E-state index in [2.05, 4.69) is 19.2 Å². The van der Waals surface area contributed by atoms with Gasteiger partial charge in [-0.15, -0.1) is 0 Å². The third kappa shape index (κ3) is 1.85. The minimum Gasteiger partial charge on any atom is -0.383 e. The highest BCUT2D eigenvalue weighted by molar-refractivity contribution is 5.82. The van der Waals surface area contributed by atoms with Crippen molar-refractivity contribution >= 4 is 5.91 Å². The molecule has 4 aliphatic rings. The Morgan fingerprint density at radius 3 is 2.71 bits per heavy atom. The molecule has 3 nitrogen and oxygen atoms in total. The number of piperidine rings is 1. The van der Waals surface area contributed by atoms with Crippen molar-refractivity contribution in [1.29, 1.82) is 0 Å². The van der Waals surface area contributed by atoms with E-state index in [-0.39, 0.29) is 11.3 Å². The Morgan fingerprint density at radius 2 is 1.90 bits per heavy atom. The number of hydrogen-bond acceptors (Lipinski definition) is 2. The molecule has 7 atom stereocenters. The van der Waals surface area contributed by atoms with Crippen molar-refractivity contribution in [3.63, 3.8) is 0 Å². The van der Waals surface area contributed by atoms with Crippen LogP contribution in [0.15, 0.2) is 0 Å². The number of carbonyl (C=O) groups is 1. The summed E-state index contributed by atoms with van der Waals surface area (Å²) in [6.45, 7) is 4.86. The Bertz CT molecular complexity index is 464. The molecule has 0 radical (unpaired) electrons. The fourth-order valence-corrected chi connectivity index (χ4v) is 6.76. The van der Waals surface area contributed by atoms with Crippen LogP contribution in [0.2, 0.25) is 0 Å². The zero-order chi connectivity index (χ0) is 14.8. The van der Waals surface area contributed by atoms with Crippen LogP contribution in [0, 0.1) is 28.6 Å². The summed E-state index contributed by atoms with van der Waals surface area (Å²) in [5.74, 6) is 2.28. The number of aliphatic hydroxyl groups excluding tert-OH is 1. The van der Waals surface area contributed by atoms with Crippen molar-refractivity contribution < 1.29 is 9.90 Å². The van der Waals surface area contributed by atoms with Gasteiger partial charge in [-0.3, -0.25) is 4.79 Å². The van der Waals surface area contributed by atoms with Crippen LogP contribution < -0.4 is 5.32 Å². The zero-order valence-electron chi connectivity index (χ0n) is 13.4. The molecule has 4 rings (SSSR count). The van der Waals surface area contributed by atoms with E-state index in [1.165, 1.54) is 38.5 Å². The number of nitrogens with one attached hydrogen (secondary N) is 1. The molecule has 1 amide bonds. The first-order valence-electron chi connectivity index (χ1n) is 8.92. The van der Waals surface area contributed by atoms with Crippen molar-refractivity contribution in [3.05, 3.63) is 0 Å². The third-order valence-corrected chi connectivity index (χ3v) is 7.90. The van der Waals surface area contributed by atoms with Gasteiger partial charge >= 0.3 is 0 Å². The van der Waals surface area contributed by atoms with Crippen molar-refractivity contribution in [3.8, 4) is 0 Å². The molecule has 3 aliphatic carbocycles. The van der Waals surface area contributed by atoms with Crippen LogP contribution in [0.3, 0.4) is 0 Å². The Kier molecular flexibility index (Phi) is 2.99. The lowest BCUT2D eigenvalue weighted by Crippen LogP contribution is -2.64. The quantitative estimate of drug-likeness (QED) is 0.721. The van der Waals surface area contributed by atoms with E-state index in [0.717, 1.165) is 18.3 Å². The molecule has 0 aromatic heterocycles. The van der Waals surface area contributed by atoms with Crippen LogP contribution >= 0.6 is 0 Å². The lowest BCUT2D eigenvalue weighted by atomic mass is 9.47. The highest BCUT2D eigenvalue weighted by atomic mass is 16.3. The number of amides is 1. The van der Waals surface area contributed by atoms with Crippen LogP contribution in [0.25, 0.3) is 0 Å². The summed E-state index contributed by atoms with van der Waals surface area (Å²) < 4.78 is 0. The van der Waals surface area contributed by atoms with Crippen LogP contribution in [0.5, 0.6) is 0 Å². The zero-order valence-corrected chi connectivity index (χ0v) is 13.4. The second-order valence-electron chi connectivity index (χ2n) is 8.83. The van der Waals surface area contributed by atoms with Gasteiger partial charge < -0.3 is 10.4 Å². The molecular weight excluding hydrogens is 262 g/mol. The van der Waals surface area contributed by atoms with Gasteiger partial charge in [0.2, 0.25) is 5.91 Å². The van der Waals surface area contributed by atoms with Crippen LogP contribution in [0.4, 0.5) is 0 Å². The maximum absolute atomic E-state index is 11.8. The fourth-order valence-electron chi connectivity index (χ4n) is 6.76. The van der Waals surface area contributed by atoms with Crippen molar-refractivity contribution in [1.82, 2.24) is 5.32 Å². The summed E-state index contributed by atoms with van der Waals surface area (Å²) in [5, 5.41) is 13.2. The summed E-state index contributed by atoms with van der Waals surface area (Å²) in [7, 11) is 0. The monoisotopic (exact) mass is 291 g/mol. The van der Waals surface area contributed by atoms with Crippen molar-refractivity contribution in [2.24, 2.45) is 28.6 Å². The first-order chi connectivity index (χ1) is 9.94. The maximum atomic E-state index is 11.8. The number of hydrogen-bond donors (Lipinski definition) is 2. The van der Waals surface area contributed by atoms with Crippen molar-refractivity contribution in [2.45, 2.75) is 77.4 Å². The molecular formula is C18H29NO2. The van der Waals surface area contributed by atoms with Crippen LogP contribution in [-0.4, -0.2) is 23.2 Å². The largest absolute Gasteiger partial charge is 0.383 e. The second-order valence-corrected chi connectivity index (χ2v) is 8.83. The van der Waals surface area contributed by atoms with E-state index < -0.39 is 6.10 Å². The summed E-state index contributed by atoms with van der Waals surface area (Å²) >= 11 is 0. The maximum Gasteiger partial charge on any atom is 0.249 e. The predicted molar refractivity (Wildman–Crippen MR) is 81.6 cm³/mol. The van der Waals surface area contributed by atoms with Gasteiger partial charge in [-0.1, -0.05) is 20.3 Å². The Morgan fingerprint density at radius 1 is 1.10 bits per heavy atom. The molecule has 1 unspecified atom stereocenters. The second kappa shape index (κ2) is 4.47. The molecule has 1 heterocycles. The average Bonchev–Trinajstić information content (AvgIpc) is 2.82. The standard InChI is InChI=1S/C18H29NO2/c1-17-8-3-4-12(17)11-5-6-15-18(2,13(11)7-9-17)10-14(20)16(21)19-15/h11-15,20H,3-10H2,1-2H3,(H,19,21)/t11-,12-,13-,14?,15+,17-,18+/m0/s1. The molecule has 0 aromatic rings. The molecule has 3 saturated carbocycles. The topological polar surface area (TPSA) is 49.3 Å². The minimum atomic E-state index is -0.790. The first kappa shape index (κ1) is 14.0. The summed E-state index contributed by atoms with van der Waals surface area (Å²) in [4.78, 5) is 11.8. The molecule has 1 aliphatic heterocycles. The lowest BCUT2D eigenvalue weighted by molar-refractivity contribution is -0.150. The van der Waals surface area contributed by atoms with Gasteiger partial charge in [0.05, 0.1) is 0 Å². The Labute approximate surface area is 127 Å². The summed E-state index contributed by atoms with van der Waals surface area (Å²) in [6.07, 6.45) is 9.16. The smallest absolute Gasteiger partial charge is 0.249 e. The highest BCUT2D eigenvalue weighted by Gasteiger charge is 2.59. The van der Waals surface area contributed by atoms with E-state index in [9.17, 15) is 9.90 Å². The number of rotatable bonds is 0. The van der Waals surface area contributed by atoms with E-state index in [0.29, 0.717) is 23.8 Å². The minimum absolute atomic E-state index is 0.111. The fraction of sp³-hybridized carbons (Fsp3) is 0.944. The Hall–Kier alpha value is -0.570. The van der Waals surface area contributed by atoms with E-state index in [1.807, 2.05) is 0 Å². The SMILES string of the molecule is C[C@@]12CCC[C@H]1[C@@H]1CC[C@H]3NC(=O)C(O)C[C@]3(C)[C@H]1CC2. The van der Waals surface area contributed by atoms with Gasteiger partial charge in [0, 0.05) is 6.04 Å². The molecule has 0 bridgehead atoms. The normalized spacial score (nSPS) is 56.1. The van der Waals surface area contributed by atoms with Crippen LogP contribution in [-0.2, 0) is 4.79 Å². The van der Waals surface area contributed by atoms with Gasteiger partial charge in [0.25, 0.3) is 0 Å². The molecule has 118 valence electrons. The molecule has 2 N–H and O–H groups in total. The molecule has 1 saturated heterocycles. The number of carbonyl (C=O) groups excluding carboxylic acids is 1. The number of fused-ring (bicyclic) bond motifs is 5. The van der Waals surface area contributed by atoms with Gasteiger partial charge in [0.1, 0.15) is 6.10 Å². The van der Waals surface area contributed by atoms with Gasteiger partial charge in [-0.2, -0.15) is 0 Å². The van der Waals surface area contributed by atoms with Gasteiger partial charge in [0.15, 0.2) is 0 Å². The Balaban J connectivity index is 1.65. The van der Waals surface area contributed by atoms with Gasteiger partial charge in [-0.05, 0) is 73.5 Å². The first-order valence-corrected chi connectivity index (χ1v) is 8.92. The molecule has 4 fully saturated rings. The van der Waals surface area contributed by atoms with Crippen LogP contribution in [0.1, 0.15) is 65.2 Å². The average molecular weight is 291 g/mol. The molecule has 3 heteroatoms. The summed E-state index contributed by atoms with van der Waals surface area (Å²) in [6, 6.07) is 0.292. The third-order valence-electron chi connectivity index (χ3n) is 7.90. The molecule has 21 heavy (non-hydrogen) atoms.